The largest absolute Gasteiger partial charge is 1.00 e. The van der Waals surface area contributed by atoms with Crippen LogP contribution >= 0.6 is 15.8 Å². The smallest absolute Gasteiger partial charge is 0.0562 e. The summed E-state index contributed by atoms with van der Waals surface area (Å²) in [5.41, 5.74) is 2.86. The number of halogens is 2. The van der Waals surface area contributed by atoms with Gasteiger partial charge in [0.15, 0.2) is 0 Å². The molecule has 4 unspecified atom stereocenters. The van der Waals surface area contributed by atoms with E-state index in [1.165, 1.54) is 24.7 Å². The molecule has 0 saturated heterocycles. The quantitative estimate of drug-likeness (QED) is 0.198. The molecule has 9 heteroatoms. The average molecular weight is 887 g/mol. The van der Waals surface area contributed by atoms with Crippen molar-refractivity contribution in [1.82, 2.24) is 0 Å². The second-order valence-corrected chi connectivity index (χ2v) is 46.6. The van der Waals surface area contributed by atoms with Gasteiger partial charge in [0, 0.05) is 16.1 Å². The summed E-state index contributed by atoms with van der Waals surface area (Å²) in [6.45, 7) is 33.9. The van der Waals surface area contributed by atoms with Crippen LogP contribution in [0.5, 0.6) is 0 Å². The molecule has 50 heavy (non-hydrogen) atoms. The molecule has 0 spiro atoms. The van der Waals surface area contributed by atoms with Gasteiger partial charge in [-0.2, -0.15) is 35.5 Å². The van der Waals surface area contributed by atoms with E-state index in [9.17, 15) is 0 Å². The van der Waals surface area contributed by atoms with Crippen LogP contribution in [-0.2, 0) is 24.2 Å². The Morgan fingerprint density at radius 1 is 0.540 bits per heavy atom. The van der Waals surface area contributed by atoms with E-state index in [1.807, 2.05) is 0 Å². The summed E-state index contributed by atoms with van der Waals surface area (Å²) in [4.78, 5) is 0. The van der Waals surface area contributed by atoms with Crippen molar-refractivity contribution in [2.24, 2.45) is 0 Å². The van der Waals surface area contributed by atoms with E-state index in [2.05, 4.69) is 190 Å². The minimum Gasteiger partial charge on any atom is -1.00 e. The van der Waals surface area contributed by atoms with Gasteiger partial charge >= 0.3 is 41.3 Å². The van der Waals surface area contributed by atoms with E-state index < -0.39 is 32.3 Å². The van der Waals surface area contributed by atoms with E-state index in [1.54, 1.807) is 45.5 Å². The van der Waals surface area contributed by atoms with Gasteiger partial charge in [0.2, 0.25) is 0 Å². The summed E-state index contributed by atoms with van der Waals surface area (Å²) in [5.74, 6) is 0. The molecule has 2 aromatic rings. The molecule has 2 aromatic carbocycles. The molecule has 2 aliphatic heterocycles. The van der Waals surface area contributed by atoms with Crippen molar-refractivity contribution < 1.29 is 49.0 Å². The van der Waals surface area contributed by atoms with Crippen LogP contribution in [0.3, 0.4) is 0 Å². The van der Waals surface area contributed by atoms with Gasteiger partial charge in [-0.05, 0) is 21.2 Å². The maximum atomic E-state index is 3.78. The summed E-state index contributed by atoms with van der Waals surface area (Å²) in [6, 6.07) is 22.4. The van der Waals surface area contributed by atoms with Crippen LogP contribution < -0.4 is 35.4 Å². The molecule has 0 bridgehead atoms. The van der Waals surface area contributed by atoms with Crippen molar-refractivity contribution in [2.45, 2.75) is 103 Å². The topological polar surface area (TPSA) is 0 Å². The second kappa shape index (κ2) is 18.0. The Bertz CT molecular complexity index is 1570. The normalized spacial score (nSPS) is 22.3. The van der Waals surface area contributed by atoms with Crippen LogP contribution in [0.25, 0.3) is 0 Å². The number of rotatable bonds is 6. The van der Waals surface area contributed by atoms with Gasteiger partial charge in [-0.3, -0.25) is 0 Å². The number of hydrogen-bond acceptors (Lipinski definition) is 0. The van der Waals surface area contributed by atoms with Crippen LogP contribution in [0, 0.1) is 12.2 Å². The molecule has 268 valence electrons. The SMILES string of the molecule is C[C](C)=[Zr+2].C[Si](C)(C)C1=[C-]C2=CC([Si](C)(C)C)P(c3ccccc3)C2=C1.C[Si](C)(C)C1=[C-]C2=CC([Si](C)(C)C)P(c3ccccc3)C2=C1.[Cl-].[Cl-]. The van der Waals surface area contributed by atoms with E-state index in [0.717, 1.165) is 10.6 Å². The number of allylic oxidation sites excluding steroid dienone is 12. The number of benzene rings is 2. The second-order valence-electron chi connectivity index (χ2n) is 17.8. The van der Waals surface area contributed by atoms with E-state index in [4.69, 9.17) is 0 Å². The molecule has 0 aromatic heterocycles. The molecule has 0 nitrogen and oxygen atoms in total. The molecule has 0 saturated carbocycles. The minimum absolute atomic E-state index is 0. The van der Waals surface area contributed by atoms with Crippen molar-refractivity contribution in [3.05, 3.63) is 129 Å². The Morgan fingerprint density at radius 2 is 0.820 bits per heavy atom. The van der Waals surface area contributed by atoms with Gasteiger partial charge in [-0.15, -0.1) is 49.0 Å². The van der Waals surface area contributed by atoms with Crippen molar-refractivity contribution in [1.29, 1.82) is 0 Å². The third kappa shape index (κ3) is 11.5. The monoisotopic (exact) mass is 884 g/mol. The maximum Gasteiger partial charge on any atom is 0.0562 e. The van der Waals surface area contributed by atoms with Gasteiger partial charge in [-0.25, -0.2) is 0 Å². The molecule has 0 fully saturated rings. The molecular weight excluding hydrogens is 829 g/mol. The van der Waals surface area contributed by atoms with Crippen LogP contribution in [0.1, 0.15) is 13.8 Å². The Morgan fingerprint density at radius 3 is 1.06 bits per heavy atom. The van der Waals surface area contributed by atoms with Gasteiger partial charge < -0.3 is 24.8 Å². The Hall–Kier alpha value is -0.0594. The van der Waals surface area contributed by atoms with Gasteiger partial charge in [0.25, 0.3) is 0 Å². The van der Waals surface area contributed by atoms with E-state index in [-0.39, 0.29) is 40.7 Å². The van der Waals surface area contributed by atoms with Gasteiger partial charge in [0.05, 0.1) is 16.1 Å². The van der Waals surface area contributed by atoms with Gasteiger partial charge in [0.1, 0.15) is 0 Å². The van der Waals surface area contributed by atoms with Crippen molar-refractivity contribution >= 4 is 62.0 Å². The minimum atomic E-state index is -1.28. The molecule has 0 amide bonds. The molecule has 2 aliphatic carbocycles. The van der Waals surface area contributed by atoms with E-state index >= 15 is 0 Å². The first-order valence-corrected chi connectivity index (χ1v) is 35.7. The van der Waals surface area contributed by atoms with Crippen molar-refractivity contribution in [3.63, 3.8) is 0 Å². The first-order chi connectivity index (χ1) is 22.1. The zero-order chi connectivity index (χ0) is 35.8. The zero-order valence-electron chi connectivity index (χ0n) is 32.9. The summed E-state index contributed by atoms with van der Waals surface area (Å²) < 4.78 is 1.51. The Balaban J connectivity index is 0.000000303. The summed E-state index contributed by atoms with van der Waals surface area (Å²) in [5, 5.41) is 10.8. The standard InChI is InChI=1S/2C19H26PSi2.C3H6.2ClH.Zr/c2*1-21(2,3)17-12-15-13-19(22(4,5)6)20(18(15)14-17)16-10-8-7-9-11-16;1-3-2;;;/h2*7-11,13-14,19H,1-6H3;1-2H3;2*1H;/q2*-1;;;;+2/p-2. The van der Waals surface area contributed by atoms with Crippen molar-refractivity contribution in [2.75, 3.05) is 0 Å². The van der Waals surface area contributed by atoms with Gasteiger partial charge in [-0.1, -0.05) is 139 Å². The molecule has 0 radical (unpaired) electrons. The fraction of sp³-hybridized carbons (Fsp3) is 0.390. The fourth-order valence-corrected chi connectivity index (χ4v) is 22.6. The van der Waals surface area contributed by atoms with Crippen LogP contribution in [0.4, 0.5) is 0 Å². The average Bonchev–Trinajstić information content (AvgIpc) is 3.71. The predicted octanol–water partition coefficient (Wildman–Crippen LogP) is 5.72. The molecule has 2 heterocycles. The fourth-order valence-electron chi connectivity index (χ4n) is 6.20. The summed E-state index contributed by atoms with van der Waals surface area (Å²) in [7, 11) is -5.49. The zero-order valence-corrected chi connectivity index (χ0v) is 42.6. The van der Waals surface area contributed by atoms with Crippen LogP contribution in [0.2, 0.25) is 78.6 Å². The Labute approximate surface area is 340 Å². The first kappa shape index (κ1) is 46.1. The third-order valence-corrected chi connectivity index (χ3v) is 27.6. The maximum absolute atomic E-state index is 3.78. The molecule has 6 rings (SSSR count). The predicted molar refractivity (Wildman–Crippen MR) is 229 cm³/mol. The summed E-state index contributed by atoms with van der Waals surface area (Å²) in [6.07, 6.45) is 17.7. The van der Waals surface area contributed by atoms with E-state index in [0.29, 0.717) is 0 Å². The first-order valence-electron chi connectivity index (χ1n) is 17.5. The molecule has 4 aliphatic rings. The Kier molecular flexibility index (Phi) is 16.6. The molecule has 4 atom stereocenters. The van der Waals surface area contributed by atoms with Crippen LogP contribution in [-0.4, -0.2) is 46.1 Å². The number of hydrogen-bond donors (Lipinski definition) is 0. The third-order valence-electron chi connectivity index (χ3n) is 8.84. The van der Waals surface area contributed by atoms with Crippen LogP contribution in [0.15, 0.2) is 117 Å². The number of fused-ring (bicyclic) bond motifs is 2. The van der Waals surface area contributed by atoms with Crippen molar-refractivity contribution in [3.8, 4) is 0 Å². The molecule has 0 N–H and O–H groups in total. The molecular formula is C41H58Cl2P2Si4Zr-2. The summed E-state index contributed by atoms with van der Waals surface area (Å²) >= 11 is 1.55.